The van der Waals surface area contributed by atoms with Gasteiger partial charge in [0.05, 0.1) is 0 Å². The molecule has 7 heteroatoms. The van der Waals surface area contributed by atoms with Crippen molar-refractivity contribution in [1.29, 1.82) is 0 Å². The van der Waals surface area contributed by atoms with Gasteiger partial charge in [0.15, 0.2) is 0 Å². The van der Waals surface area contributed by atoms with Gasteiger partial charge in [-0.2, -0.15) is 0 Å². The predicted octanol–water partition coefficient (Wildman–Crippen LogP) is 2.37. The molecule has 0 aliphatic carbocycles. The Morgan fingerprint density at radius 1 is 1.33 bits per heavy atom. The van der Waals surface area contributed by atoms with E-state index in [0.29, 0.717) is 12.6 Å². The Labute approximate surface area is 132 Å². The molecule has 0 heterocycles. The third-order valence-corrected chi connectivity index (χ3v) is 2.95. The minimum Gasteiger partial charge on any atom is -0.492 e. The normalized spacial score (nSPS) is 11.0. The zero-order chi connectivity index (χ0) is 16.3. The summed E-state index contributed by atoms with van der Waals surface area (Å²) in [6, 6.07) is 8.47. The van der Waals surface area contributed by atoms with Gasteiger partial charge in [-0.15, -0.1) is 0 Å². The minimum atomic E-state index is -1.82. The lowest BCUT2D eigenvalue weighted by Crippen LogP contribution is -2.29. The van der Waals surface area contributed by atoms with Crippen LogP contribution in [0.4, 0.5) is 0 Å². The number of carboxylic acids is 2. The second-order valence-corrected chi connectivity index (χ2v) is 5.10. The molecule has 0 amide bonds. The Morgan fingerprint density at radius 2 is 1.95 bits per heavy atom. The van der Waals surface area contributed by atoms with Gasteiger partial charge in [0.25, 0.3) is 0 Å². The van der Waals surface area contributed by atoms with E-state index in [1.54, 1.807) is 0 Å². The summed E-state index contributed by atoms with van der Waals surface area (Å²) in [4.78, 5) is 18.2. The molecule has 21 heavy (non-hydrogen) atoms. The van der Waals surface area contributed by atoms with Crippen molar-refractivity contribution < 1.29 is 24.5 Å². The lowest BCUT2D eigenvalue weighted by Gasteiger charge is -2.11. The van der Waals surface area contributed by atoms with Gasteiger partial charge in [-0.1, -0.05) is 28.9 Å². The van der Waals surface area contributed by atoms with Crippen LogP contribution in [0.2, 0.25) is 0 Å². The van der Waals surface area contributed by atoms with Gasteiger partial charge in [0.1, 0.15) is 12.4 Å². The predicted molar refractivity (Wildman–Crippen MR) is 82.7 cm³/mol. The van der Waals surface area contributed by atoms with Gasteiger partial charge >= 0.3 is 11.9 Å². The molecule has 6 nitrogen and oxygen atoms in total. The summed E-state index contributed by atoms with van der Waals surface area (Å²) in [6.45, 7) is 5.95. The number of ether oxygens (including phenoxy) is 1. The number of carboxylic acid groups (broad SMARTS) is 2. The van der Waals surface area contributed by atoms with E-state index in [2.05, 4.69) is 35.1 Å². The van der Waals surface area contributed by atoms with Crippen LogP contribution in [0, 0.1) is 0 Å². The molecule has 1 rings (SSSR count). The Hall–Kier alpha value is -1.60. The molecule has 1 atom stereocenters. The summed E-state index contributed by atoms with van der Waals surface area (Å²) < 4.78 is 6.64. The standard InChI is InChI=1S/C12H18BrNO.C2H2O4/c1-3-10(2)14-7-8-15-12-6-4-5-11(13)9-12;3-1(4)2(5)6/h4-6,9-10,14H,3,7-8H2,1-2H3;(H,3,4)(H,5,6). The van der Waals surface area contributed by atoms with E-state index in [0.717, 1.165) is 23.2 Å². The molecule has 1 aromatic rings. The summed E-state index contributed by atoms with van der Waals surface area (Å²) >= 11 is 3.41. The third-order valence-electron chi connectivity index (χ3n) is 2.45. The van der Waals surface area contributed by atoms with E-state index in [-0.39, 0.29) is 0 Å². The van der Waals surface area contributed by atoms with Crippen molar-refractivity contribution in [2.75, 3.05) is 13.2 Å². The summed E-state index contributed by atoms with van der Waals surface area (Å²) in [6.07, 6.45) is 1.15. The average Bonchev–Trinajstić information content (AvgIpc) is 2.44. The number of halogens is 1. The van der Waals surface area contributed by atoms with Crippen molar-refractivity contribution >= 4 is 27.9 Å². The monoisotopic (exact) mass is 361 g/mol. The maximum absolute atomic E-state index is 9.10. The second-order valence-electron chi connectivity index (χ2n) is 4.18. The van der Waals surface area contributed by atoms with Crippen molar-refractivity contribution in [2.45, 2.75) is 26.3 Å². The van der Waals surface area contributed by atoms with Crippen molar-refractivity contribution in [3.8, 4) is 5.75 Å². The molecule has 0 bridgehead atoms. The maximum atomic E-state index is 9.10. The molecule has 0 saturated carbocycles. The number of rotatable bonds is 6. The zero-order valence-corrected chi connectivity index (χ0v) is 13.6. The fourth-order valence-electron chi connectivity index (χ4n) is 1.18. The van der Waals surface area contributed by atoms with Crippen LogP contribution in [0.5, 0.6) is 5.75 Å². The van der Waals surface area contributed by atoms with Crippen LogP contribution in [0.15, 0.2) is 28.7 Å². The van der Waals surface area contributed by atoms with Crippen molar-refractivity contribution in [1.82, 2.24) is 5.32 Å². The Kier molecular flexibility index (Phi) is 10.3. The van der Waals surface area contributed by atoms with Gasteiger partial charge < -0.3 is 20.3 Å². The van der Waals surface area contributed by atoms with Gasteiger partial charge in [0.2, 0.25) is 0 Å². The first-order valence-corrected chi connectivity index (χ1v) is 7.24. The van der Waals surface area contributed by atoms with Crippen LogP contribution in [-0.4, -0.2) is 41.3 Å². The summed E-state index contributed by atoms with van der Waals surface area (Å²) in [5.41, 5.74) is 0. The Morgan fingerprint density at radius 3 is 2.43 bits per heavy atom. The molecule has 0 aliphatic heterocycles. The van der Waals surface area contributed by atoms with E-state index in [1.807, 2.05) is 24.3 Å². The maximum Gasteiger partial charge on any atom is 0.414 e. The first-order chi connectivity index (χ1) is 9.86. The first-order valence-electron chi connectivity index (χ1n) is 6.44. The average molecular weight is 362 g/mol. The molecular weight excluding hydrogens is 342 g/mol. The Balaban J connectivity index is 0.000000567. The zero-order valence-electron chi connectivity index (χ0n) is 12.0. The number of hydrogen-bond donors (Lipinski definition) is 3. The largest absolute Gasteiger partial charge is 0.492 e. The van der Waals surface area contributed by atoms with E-state index < -0.39 is 11.9 Å². The lowest BCUT2D eigenvalue weighted by atomic mass is 10.3. The van der Waals surface area contributed by atoms with E-state index in [9.17, 15) is 0 Å². The SMILES string of the molecule is CCC(C)NCCOc1cccc(Br)c1.O=C(O)C(=O)O. The fraction of sp³-hybridized carbons (Fsp3) is 0.429. The van der Waals surface area contributed by atoms with Crippen LogP contribution in [-0.2, 0) is 9.59 Å². The molecule has 0 spiro atoms. The van der Waals surface area contributed by atoms with Gasteiger partial charge in [-0.25, -0.2) is 9.59 Å². The van der Waals surface area contributed by atoms with Gasteiger partial charge in [-0.3, -0.25) is 0 Å². The van der Waals surface area contributed by atoms with Crippen LogP contribution in [0.25, 0.3) is 0 Å². The molecule has 0 aromatic heterocycles. The van der Waals surface area contributed by atoms with E-state index in [1.165, 1.54) is 0 Å². The van der Waals surface area contributed by atoms with Gasteiger partial charge in [0, 0.05) is 17.1 Å². The molecule has 0 aliphatic rings. The number of aliphatic carboxylic acids is 2. The van der Waals surface area contributed by atoms with Crippen LogP contribution in [0.3, 0.4) is 0 Å². The highest BCUT2D eigenvalue weighted by molar-refractivity contribution is 9.10. The topological polar surface area (TPSA) is 95.9 Å². The van der Waals surface area contributed by atoms with Crippen LogP contribution in [0.1, 0.15) is 20.3 Å². The summed E-state index contributed by atoms with van der Waals surface area (Å²) in [7, 11) is 0. The molecule has 118 valence electrons. The molecule has 1 unspecified atom stereocenters. The number of benzene rings is 1. The quantitative estimate of drug-likeness (QED) is 0.531. The van der Waals surface area contributed by atoms with Crippen molar-refractivity contribution in [2.24, 2.45) is 0 Å². The van der Waals surface area contributed by atoms with Gasteiger partial charge in [-0.05, 0) is 31.5 Å². The molecule has 0 radical (unpaired) electrons. The van der Waals surface area contributed by atoms with Crippen molar-refractivity contribution in [3.63, 3.8) is 0 Å². The smallest absolute Gasteiger partial charge is 0.414 e. The molecular formula is C14H20BrNO5. The number of hydrogen-bond acceptors (Lipinski definition) is 4. The molecule has 0 saturated heterocycles. The molecule has 1 aromatic carbocycles. The highest BCUT2D eigenvalue weighted by atomic mass is 79.9. The van der Waals surface area contributed by atoms with Crippen LogP contribution < -0.4 is 10.1 Å². The van der Waals surface area contributed by atoms with E-state index in [4.69, 9.17) is 24.5 Å². The van der Waals surface area contributed by atoms with Crippen LogP contribution >= 0.6 is 15.9 Å². The third kappa shape index (κ3) is 10.8. The van der Waals surface area contributed by atoms with E-state index >= 15 is 0 Å². The Bertz CT molecular complexity index is 441. The molecule has 0 fully saturated rings. The minimum absolute atomic E-state index is 0.566. The summed E-state index contributed by atoms with van der Waals surface area (Å²) in [5.74, 6) is -2.74. The number of carbonyl (C=O) groups is 2. The highest BCUT2D eigenvalue weighted by Gasteiger charge is 2.04. The van der Waals surface area contributed by atoms with Crippen molar-refractivity contribution in [3.05, 3.63) is 28.7 Å². The molecule has 3 N–H and O–H groups in total. The highest BCUT2D eigenvalue weighted by Crippen LogP contribution is 2.17. The fourth-order valence-corrected chi connectivity index (χ4v) is 1.55. The summed E-state index contributed by atoms with van der Waals surface area (Å²) in [5, 5.41) is 18.2. The lowest BCUT2D eigenvalue weighted by molar-refractivity contribution is -0.159. The number of nitrogens with one attached hydrogen (secondary N) is 1. The second kappa shape index (κ2) is 11.1. The first kappa shape index (κ1) is 19.4.